The third-order valence-corrected chi connectivity index (χ3v) is 3.50. The Labute approximate surface area is 91.0 Å². The lowest BCUT2D eigenvalue weighted by Gasteiger charge is -2.52. The third kappa shape index (κ3) is 2.32. The molecule has 2 heterocycles. The molecule has 0 saturated carbocycles. The van der Waals surface area contributed by atoms with E-state index in [2.05, 4.69) is 5.32 Å². The van der Waals surface area contributed by atoms with Gasteiger partial charge in [-0.05, 0) is 32.9 Å². The smallest absolute Gasteiger partial charge is 0.248 e. The summed E-state index contributed by atoms with van der Waals surface area (Å²) in [4.78, 5) is 13.5. The molecule has 0 aromatic carbocycles. The van der Waals surface area contributed by atoms with E-state index < -0.39 is 0 Å². The predicted molar refractivity (Wildman–Crippen MR) is 57.6 cm³/mol. The van der Waals surface area contributed by atoms with Crippen LogP contribution < -0.4 is 5.32 Å². The molecule has 1 N–H and O–H groups in total. The molecule has 0 atom stereocenters. The van der Waals surface area contributed by atoms with Crippen LogP contribution in [0.25, 0.3) is 0 Å². The first kappa shape index (κ1) is 10.9. The number of amides is 1. The molecule has 2 rings (SSSR count). The fourth-order valence-electron chi connectivity index (χ4n) is 2.49. The third-order valence-electron chi connectivity index (χ3n) is 3.50. The number of nitrogens with one attached hydrogen (secondary N) is 1. The maximum atomic E-state index is 11.6. The lowest BCUT2D eigenvalue weighted by Crippen LogP contribution is -2.62. The van der Waals surface area contributed by atoms with Gasteiger partial charge in [0, 0.05) is 25.1 Å². The molecule has 0 aromatic rings. The van der Waals surface area contributed by atoms with Gasteiger partial charge in [0.05, 0.1) is 0 Å². The van der Waals surface area contributed by atoms with Crippen LogP contribution >= 0.6 is 0 Å². The molecular formula is C11H20N2O2. The van der Waals surface area contributed by atoms with E-state index in [1.807, 2.05) is 11.8 Å². The number of piperidine rings is 1. The average Bonchev–Trinajstić information content (AvgIpc) is 2.23. The molecule has 2 fully saturated rings. The lowest BCUT2D eigenvalue weighted by atomic mass is 9.72. The van der Waals surface area contributed by atoms with Crippen molar-refractivity contribution in [3.05, 3.63) is 0 Å². The van der Waals surface area contributed by atoms with Crippen LogP contribution in [0.2, 0.25) is 0 Å². The number of hydrogen-bond donors (Lipinski definition) is 1. The summed E-state index contributed by atoms with van der Waals surface area (Å²) in [6.07, 6.45) is 2.43. The number of hydrogen-bond acceptors (Lipinski definition) is 3. The molecule has 4 heteroatoms. The Morgan fingerprint density at radius 3 is 2.67 bits per heavy atom. The molecule has 1 spiro atoms. The van der Waals surface area contributed by atoms with Crippen molar-refractivity contribution in [2.45, 2.75) is 19.8 Å². The first-order chi connectivity index (χ1) is 7.26. The van der Waals surface area contributed by atoms with Crippen molar-refractivity contribution in [2.75, 3.05) is 39.4 Å². The minimum absolute atomic E-state index is 0.154. The van der Waals surface area contributed by atoms with Gasteiger partial charge in [-0.2, -0.15) is 0 Å². The van der Waals surface area contributed by atoms with Gasteiger partial charge in [-0.3, -0.25) is 4.79 Å². The Balaban J connectivity index is 1.74. The van der Waals surface area contributed by atoms with Crippen LogP contribution in [0.5, 0.6) is 0 Å². The van der Waals surface area contributed by atoms with Gasteiger partial charge in [0.2, 0.25) is 5.91 Å². The minimum atomic E-state index is 0.154. The first-order valence-electron chi connectivity index (χ1n) is 5.82. The van der Waals surface area contributed by atoms with Gasteiger partial charge in [0.25, 0.3) is 0 Å². The van der Waals surface area contributed by atoms with E-state index in [9.17, 15) is 4.79 Å². The summed E-state index contributed by atoms with van der Waals surface area (Å²) in [6.45, 7) is 6.89. The highest BCUT2D eigenvalue weighted by molar-refractivity contribution is 5.78. The number of likely N-dealkylation sites (tertiary alicyclic amines) is 1. The van der Waals surface area contributed by atoms with Crippen LogP contribution in [0.1, 0.15) is 19.8 Å². The summed E-state index contributed by atoms with van der Waals surface area (Å²) >= 11 is 0. The molecule has 0 bridgehead atoms. The maximum Gasteiger partial charge on any atom is 0.248 e. The Hall–Kier alpha value is -0.610. The Bertz CT molecular complexity index is 229. The van der Waals surface area contributed by atoms with Crippen molar-refractivity contribution in [1.29, 1.82) is 0 Å². The van der Waals surface area contributed by atoms with E-state index in [1.165, 1.54) is 12.8 Å². The number of carbonyl (C=O) groups excluding carboxylic acids is 1. The van der Waals surface area contributed by atoms with Gasteiger partial charge in [-0.1, -0.05) is 0 Å². The normalized spacial score (nSPS) is 23.9. The highest BCUT2D eigenvalue weighted by Crippen LogP contribution is 2.38. The zero-order chi connectivity index (χ0) is 10.7. The molecule has 4 nitrogen and oxygen atoms in total. The molecule has 0 radical (unpaired) electrons. The van der Waals surface area contributed by atoms with E-state index in [0.29, 0.717) is 12.0 Å². The standard InChI is InChI=1S/C11H20N2O2/c1-2-15-7-10(14)13-8-11(9-13)3-5-12-6-4-11/h12H,2-9H2,1H3. The predicted octanol–water partition coefficient (Wildman–Crippen LogP) is 0.235. The quantitative estimate of drug-likeness (QED) is 0.728. The van der Waals surface area contributed by atoms with Crippen molar-refractivity contribution < 1.29 is 9.53 Å². The summed E-state index contributed by atoms with van der Waals surface area (Å²) in [5, 5.41) is 3.36. The second-order valence-corrected chi connectivity index (χ2v) is 4.64. The summed E-state index contributed by atoms with van der Waals surface area (Å²) < 4.78 is 5.12. The van der Waals surface area contributed by atoms with Crippen LogP contribution in [0, 0.1) is 5.41 Å². The lowest BCUT2D eigenvalue weighted by molar-refractivity contribution is -0.149. The van der Waals surface area contributed by atoms with Crippen molar-refractivity contribution in [3.8, 4) is 0 Å². The molecule has 15 heavy (non-hydrogen) atoms. The molecule has 1 amide bonds. The molecule has 0 aliphatic carbocycles. The topological polar surface area (TPSA) is 41.6 Å². The molecule has 86 valence electrons. The Kier molecular flexibility index (Phi) is 3.26. The molecule has 0 unspecified atom stereocenters. The van der Waals surface area contributed by atoms with E-state index in [-0.39, 0.29) is 12.5 Å². The monoisotopic (exact) mass is 212 g/mol. The number of ether oxygens (including phenoxy) is 1. The number of carbonyl (C=O) groups is 1. The van der Waals surface area contributed by atoms with Crippen LogP contribution in [-0.4, -0.2) is 50.2 Å². The van der Waals surface area contributed by atoms with Crippen LogP contribution in [0.15, 0.2) is 0 Å². The van der Waals surface area contributed by atoms with Crippen molar-refractivity contribution in [3.63, 3.8) is 0 Å². The molecule has 2 aliphatic rings. The SMILES string of the molecule is CCOCC(=O)N1CC2(CCNCC2)C1. The van der Waals surface area contributed by atoms with Gasteiger partial charge in [-0.15, -0.1) is 0 Å². The Morgan fingerprint density at radius 2 is 2.07 bits per heavy atom. The van der Waals surface area contributed by atoms with Crippen molar-refractivity contribution in [2.24, 2.45) is 5.41 Å². The van der Waals surface area contributed by atoms with Gasteiger partial charge in [0.1, 0.15) is 6.61 Å². The molecular weight excluding hydrogens is 192 g/mol. The number of nitrogens with zero attached hydrogens (tertiary/aromatic N) is 1. The minimum Gasteiger partial charge on any atom is -0.372 e. The largest absolute Gasteiger partial charge is 0.372 e. The summed E-state index contributed by atoms with van der Waals surface area (Å²) in [6, 6.07) is 0. The van der Waals surface area contributed by atoms with E-state index in [1.54, 1.807) is 0 Å². The van der Waals surface area contributed by atoms with Crippen LogP contribution in [0.4, 0.5) is 0 Å². The second kappa shape index (κ2) is 4.49. The molecule has 0 aromatic heterocycles. The summed E-state index contributed by atoms with van der Waals surface area (Å²) in [5.74, 6) is 0.154. The fourth-order valence-corrected chi connectivity index (χ4v) is 2.49. The maximum absolute atomic E-state index is 11.6. The van der Waals surface area contributed by atoms with E-state index in [0.717, 1.165) is 26.2 Å². The van der Waals surface area contributed by atoms with Gasteiger partial charge in [-0.25, -0.2) is 0 Å². The van der Waals surface area contributed by atoms with Crippen LogP contribution in [0.3, 0.4) is 0 Å². The summed E-state index contributed by atoms with van der Waals surface area (Å²) in [7, 11) is 0. The van der Waals surface area contributed by atoms with E-state index >= 15 is 0 Å². The molecule has 2 saturated heterocycles. The van der Waals surface area contributed by atoms with Crippen molar-refractivity contribution >= 4 is 5.91 Å². The number of rotatable bonds is 3. The first-order valence-corrected chi connectivity index (χ1v) is 5.82. The second-order valence-electron chi connectivity index (χ2n) is 4.64. The molecule has 2 aliphatic heterocycles. The van der Waals surface area contributed by atoms with Crippen LogP contribution in [-0.2, 0) is 9.53 Å². The van der Waals surface area contributed by atoms with Crippen molar-refractivity contribution in [1.82, 2.24) is 10.2 Å². The van der Waals surface area contributed by atoms with E-state index in [4.69, 9.17) is 4.74 Å². The van der Waals surface area contributed by atoms with Gasteiger partial charge < -0.3 is 15.0 Å². The highest BCUT2D eigenvalue weighted by atomic mass is 16.5. The highest BCUT2D eigenvalue weighted by Gasteiger charge is 2.45. The average molecular weight is 212 g/mol. The zero-order valence-electron chi connectivity index (χ0n) is 9.42. The summed E-state index contributed by atoms with van der Waals surface area (Å²) in [5.41, 5.74) is 0.438. The fraction of sp³-hybridized carbons (Fsp3) is 0.909. The zero-order valence-corrected chi connectivity index (χ0v) is 9.42. The van der Waals surface area contributed by atoms with Gasteiger partial charge >= 0.3 is 0 Å². The van der Waals surface area contributed by atoms with Gasteiger partial charge in [0.15, 0.2) is 0 Å². The Morgan fingerprint density at radius 1 is 1.40 bits per heavy atom.